The van der Waals surface area contributed by atoms with Crippen LogP contribution >= 0.6 is 11.6 Å². The minimum Gasteiger partial charge on any atom is -0.348 e. The smallest absolute Gasteiger partial charge is 0.251 e. The fraction of sp³-hybridized carbons (Fsp3) is 0.235. The lowest BCUT2D eigenvalue weighted by molar-refractivity contribution is 0.0950. The number of benzene rings is 2. The minimum absolute atomic E-state index is 0.0282. The number of nitrogens with zero attached hydrogens (tertiary/aromatic N) is 1. The van der Waals surface area contributed by atoms with Crippen molar-refractivity contribution in [3.63, 3.8) is 0 Å². The number of amides is 1. The molecule has 0 radical (unpaired) electrons. The first-order valence-corrected chi connectivity index (χ1v) is 11.7. The van der Waals surface area contributed by atoms with Gasteiger partial charge in [0, 0.05) is 26.2 Å². The van der Waals surface area contributed by atoms with Gasteiger partial charge < -0.3 is 5.32 Å². The van der Waals surface area contributed by atoms with E-state index in [0.29, 0.717) is 5.56 Å². The monoisotopic (exact) mass is 445 g/mol. The number of sulfonamides is 2. The zero-order valence-electron chi connectivity index (χ0n) is 15.4. The van der Waals surface area contributed by atoms with Crippen molar-refractivity contribution >= 4 is 43.2 Å². The average Bonchev–Trinajstić information content (AvgIpc) is 2.60. The van der Waals surface area contributed by atoms with Gasteiger partial charge in [0.1, 0.15) is 0 Å². The highest BCUT2D eigenvalue weighted by Gasteiger charge is 2.21. The molecule has 2 rings (SSSR count). The number of hydrogen-bond acceptors (Lipinski definition) is 5. The van der Waals surface area contributed by atoms with Crippen LogP contribution < -0.4 is 10.0 Å². The van der Waals surface area contributed by atoms with Gasteiger partial charge in [-0.2, -0.15) is 0 Å². The number of halogens is 1. The van der Waals surface area contributed by atoms with Crippen molar-refractivity contribution in [1.29, 1.82) is 0 Å². The third-order valence-electron chi connectivity index (χ3n) is 3.69. The molecule has 0 heterocycles. The maximum Gasteiger partial charge on any atom is 0.251 e. The summed E-state index contributed by atoms with van der Waals surface area (Å²) in [6.07, 6.45) is 0.970. The SMILES string of the molecule is CN(C)S(=O)(=O)c1ccccc1CNC(=O)c1ccc(Cl)c(NS(C)(=O)=O)c1. The Hall–Kier alpha value is -2.14. The van der Waals surface area contributed by atoms with Crippen molar-refractivity contribution in [2.24, 2.45) is 0 Å². The maximum atomic E-state index is 12.5. The molecule has 152 valence electrons. The van der Waals surface area contributed by atoms with E-state index in [1.165, 1.54) is 38.4 Å². The summed E-state index contributed by atoms with van der Waals surface area (Å²) in [7, 11) is -4.38. The predicted octanol–water partition coefficient (Wildman–Crippen LogP) is 1.89. The summed E-state index contributed by atoms with van der Waals surface area (Å²) in [6, 6.07) is 10.5. The first kappa shape index (κ1) is 22.2. The second kappa shape index (κ2) is 8.48. The summed E-state index contributed by atoms with van der Waals surface area (Å²) in [6.45, 7) is -0.0282. The highest BCUT2D eigenvalue weighted by atomic mass is 35.5. The van der Waals surface area contributed by atoms with Gasteiger partial charge in [0.05, 0.1) is 21.9 Å². The Balaban J connectivity index is 2.24. The van der Waals surface area contributed by atoms with Gasteiger partial charge in [0.15, 0.2) is 0 Å². The van der Waals surface area contributed by atoms with Crippen LogP contribution in [-0.2, 0) is 26.6 Å². The number of carbonyl (C=O) groups excluding carboxylic acids is 1. The van der Waals surface area contributed by atoms with Crippen molar-refractivity contribution in [2.75, 3.05) is 25.1 Å². The molecule has 0 unspecified atom stereocenters. The fourth-order valence-electron chi connectivity index (χ4n) is 2.32. The fourth-order valence-corrected chi connectivity index (χ4v) is 4.22. The van der Waals surface area contributed by atoms with E-state index < -0.39 is 26.0 Å². The third kappa shape index (κ3) is 5.44. The van der Waals surface area contributed by atoms with Gasteiger partial charge in [-0.25, -0.2) is 21.1 Å². The van der Waals surface area contributed by atoms with Gasteiger partial charge in [-0.1, -0.05) is 29.8 Å². The molecule has 0 aliphatic heterocycles. The zero-order chi connectivity index (χ0) is 21.1. The van der Waals surface area contributed by atoms with Crippen molar-refractivity contribution in [1.82, 2.24) is 9.62 Å². The Kier molecular flexibility index (Phi) is 6.71. The zero-order valence-corrected chi connectivity index (χ0v) is 17.8. The lowest BCUT2D eigenvalue weighted by Gasteiger charge is -2.15. The van der Waals surface area contributed by atoms with Gasteiger partial charge in [-0.15, -0.1) is 0 Å². The van der Waals surface area contributed by atoms with E-state index in [9.17, 15) is 21.6 Å². The second-order valence-electron chi connectivity index (χ2n) is 6.15. The summed E-state index contributed by atoms with van der Waals surface area (Å²) in [4.78, 5) is 12.5. The lowest BCUT2D eigenvalue weighted by Crippen LogP contribution is -2.27. The summed E-state index contributed by atoms with van der Waals surface area (Å²) in [5, 5.41) is 2.78. The quantitative estimate of drug-likeness (QED) is 0.675. The molecule has 0 atom stereocenters. The van der Waals surface area contributed by atoms with E-state index in [2.05, 4.69) is 10.0 Å². The van der Waals surface area contributed by atoms with E-state index in [1.807, 2.05) is 0 Å². The minimum atomic E-state index is -3.66. The van der Waals surface area contributed by atoms with Crippen LogP contribution in [0.5, 0.6) is 0 Å². The van der Waals surface area contributed by atoms with Crippen LogP contribution in [0.3, 0.4) is 0 Å². The number of rotatable bonds is 7. The molecule has 1 amide bonds. The highest BCUT2D eigenvalue weighted by molar-refractivity contribution is 7.92. The predicted molar refractivity (Wildman–Crippen MR) is 108 cm³/mol. The molecule has 28 heavy (non-hydrogen) atoms. The normalized spacial score (nSPS) is 12.0. The Morgan fingerprint density at radius 3 is 2.32 bits per heavy atom. The summed E-state index contributed by atoms with van der Waals surface area (Å²) >= 11 is 5.95. The molecule has 2 N–H and O–H groups in total. The maximum absolute atomic E-state index is 12.5. The van der Waals surface area contributed by atoms with Crippen molar-refractivity contribution < 1.29 is 21.6 Å². The Bertz CT molecular complexity index is 1100. The van der Waals surface area contributed by atoms with Crippen LogP contribution in [0.15, 0.2) is 47.4 Å². The van der Waals surface area contributed by atoms with Crippen LogP contribution in [-0.4, -0.2) is 47.4 Å². The van der Waals surface area contributed by atoms with E-state index in [4.69, 9.17) is 11.6 Å². The van der Waals surface area contributed by atoms with Crippen molar-refractivity contribution in [3.8, 4) is 0 Å². The van der Waals surface area contributed by atoms with Crippen LogP contribution in [0.1, 0.15) is 15.9 Å². The molecule has 0 bridgehead atoms. The molecule has 8 nitrogen and oxygen atoms in total. The molecule has 0 saturated heterocycles. The number of nitrogens with one attached hydrogen (secondary N) is 2. The van der Waals surface area contributed by atoms with Crippen LogP contribution in [0.4, 0.5) is 5.69 Å². The summed E-state index contributed by atoms with van der Waals surface area (Å²) in [5.41, 5.74) is 0.670. The summed E-state index contributed by atoms with van der Waals surface area (Å²) in [5.74, 6) is -0.509. The van der Waals surface area contributed by atoms with E-state index in [0.717, 1.165) is 10.6 Å². The molecule has 0 saturated carbocycles. The van der Waals surface area contributed by atoms with E-state index in [1.54, 1.807) is 18.2 Å². The number of hydrogen-bond donors (Lipinski definition) is 2. The van der Waals surface area contributed by atoms with Gasteiger partial charge in [-0.05, 0) is 29.8 Å². The topological polar surface area (TPSA) is 113 Å². The molecule has 0 fully saturated rings. The molecular formula is C17H20ClN3O5S2. The van der Waals surface area contributed by atoms with Crippen molar-refractivity contribution in [2.45, 2.75) is 11.4 Å². The average molecular weight is 446 g/mol. The van der Waals surface area contributed by atoms with Gasteiger partial charge in [0.2, 0.25) is 20.0 Å². The molecular weight excluding hydrogens is 426 g/mol. The number of anilines is 1. The Morgan fingerprint density at radius 2 is 1.71 bits per heavy atom. The largest absolute Gasteiger partial charge is 0.348 e. The first-order valence-electron chi connectivity index (χ1n) is 7.98. The first-order chi connectivity index (χ1) is 12.9. The standard InChI is InChI=1S/C17H20ClN3O5S2/c1-21(2)28(25,26)16-7-5-4-6-13(16)11-19-17(22)12-8-9-14(18)15(10-12)20-27(3,23)24/h4-10,20H,11H2,1-3H3,(H,19,22). The number of carbonyl (C=O) groups is 1. The summed E-state index contributed by atoms with van der Waals surface area (Å²) < 4.78 is 51.0. The van der Waals surface area contributed by atoms with Crippen molar-refractivity contribution in [3.05, 3.63) is 58.6 Å². The van der Waals surface area contributed by atoms with E-state index in [-0.39, 0.29) is 27.7 Å². The molecule has 0 aliphatic carbocycles. The van der Waals surface area contributed by atoms with E-state index >= 15 is 0 Å². The molecule has 0 aliphatic rings. The molecule has 2 aromatic rings. The van der Waals surface area contributed by atoms with Gasteiger partial charge in [-0.3, -0.25) is 9.52 Å². The van der Waals surface area contributed by atoms with Crippen LogP contribution in [0, 0.1) is 0 Å². The second-order valence-corrected chi connectivity index (χ2v) is 10.4. The Morgan fingerprint density at radius 1 is 1.07 bits per heavy atom. The molecule has 11 heteroatoms. The lowest BCUT2D eigenvalue weighted by atomic mass is 10.1. The molecule has 0 spiro atoms. The molecule has 0 aromatic heterocycles. The van der Waals surface area contributed by atoms with Crippen LogP contribution in [0.25, 0.3) is 0 Å². The van der Waals surface area contributed by atoms with Crippen LogP contribution in [0.2, 0.25) is 5.02 Å². The molecule has 2 aromatic carbocycles. The highest BCUT2D eigenvalue weighted by Crippen LogP contribution is 2.24. The van der Waals surface area contributed by atoms with Gasteiger partial charge in [0.25, 0.3) is 5.91 Å². The Labute approximate surface area is 169 Å². The van der Waals surface area contributed by atoms with Gasteiger partial charge >= 0.3 is 0 Å². The third-order valence-corrected chi connectivity index (χ3v) is 6.53.